The summed E-state index contributed by atoms with van der Waals surface area (Å²) in [4.78, 5) is 2.59. The molecule has 1 nitrogen and oxygen atoms in total. The van der Waals surface area contributed by atoms with Crippen molar-refractivity contribution in [2.45, 2.75) is 39.4 Å². The van der Waals surface area contributed by atoms with Crippen LogP contribution in [0.15, 0.2) is 78.9 Å². The Bertz CT molecular complexity index is 972. The number of hydrogen-bond acceptors (Lipinski definition) is 1. The Morgan fingerprint density at radius 2 is 1.21 bits per heavy atom. The molecule has 3 aromatic rings. The van der Waals surface area contributed by atoms with Gasteiger partial charge in [0.1, 0.15) is 0 Å². The molecule has 0 saturated carbocycles. The molecule has 0 amide bonds. The van der Waals surface area contributed by atoms with Crippen molar-refractivity contribution in [1.82, 2.24) is 4.90 Å². The summed E-state index contributed by atoms with van der Waals surface area (Å²) in [7, 11) is 0. The Balaban J connectivity index is 1.87. The van der Waals surface area contributed by atoms with E-state index in [1.54, 1.807) is 0 Å². The van der Waals surface area contributed by atoms with Gasteiger partial charge >= 0.3 is 177 Å². The van der Waals surface area contributed by atoms with Crippen molar-refractivity contribution >= 4 is 27.2 Å². The topological polar surface area (TPSA) is 3.24 Å². The average Bonchev–Trinajstić information content (AvgIpc) is 2.68. The van der Waals surface area contributed by atoms with E-state index in [1.807, 2.05) is 6.07 Å². The molecule has 0 radical (unpaired) electrons. The van der Waals surface area contributed by atoms with E-state index >= 15 is 0 Å². The molecule has 140 valence electrons. The summed E-state index contributed by atoms with van der Waals surface area (Å²) >= 11 is -2.19. The fourth-order valence-electron chi connectivity index (χ4n) is 3.56. The van der Waals surface area contributed by atoms with Crippen LogP contribution in [0.3, 0.4) is 0 Å². The van der Waals surface area contributed by atoms with Gasteiger partial charge in [-0.05, 0) is 0 Å². The van der Waals surface area contributed by atoms with Gasteiger partial charge in [-0.15, -0.1) is 0 Å². The standard InChI is InChI=1S/C18H21N.C8H5.Sb/c1-18(2,3)19(14-16-10-6-4-7-11-16)15-17-12-8-5-9-13-17;1-2-8-6-4-3-5-7-8;/h4-10,12H,14-15H2,1-3H3;3-7H;. The third kappa shape index (κ3) is 4.20. The van der Waals surface area contributed by atoms with Crippen LogP contribution in [0.2, 0.25) is 0 Å². The predicted octanol–water partition coefficient (Wildman–Crippen LogP) is 4.00. The molecule has 2 heteroatoms. The molecule has 4 rings (SSSR count). The van der Waals surface area contributed by atoms with E-state index < -0.39 is 20.2 Å². The molecule has 0 spiro atoms. The van der Waals surface area contributed by atoms with Crippen LogP contribution in [0.25, 0.3) is 0 Å². The number of hydrogen-bond donors (Lipinski definition) is 0. The van der Waals surface area contributed by atoms with E-state index in [-0.39, 0.29) is 5.54 Å². The minimum atomic E-state index is -2.19. The number of nitrogens with zero attached hydrogens (tertiary/aromatic N) is 1. The SMILES string of the molecule is CC(C)(C)N1Cc2cccc[c]2[Sb]([C]#Cc2ccccc2)[c]2ccccc2C1. The van der Waals surface area contributed by atoms with Gasteiger partial charge in [-0.3, -0.25) is 0 Å². The molecule has 0 unspecified atom stereocenters. The van der Waals surface area contributed by atoms with Crippen LogP contribution in [0, 0.1) is 9.79 Å². The van der Waals surface area contributed by atoms with Crippen molar-refractivity contribution in [3.05, 3.63) is 95.6 Å². The summed E-state index contributed by atoms with van der Waals surface area (Å²) in [6, 6.07) is 28.4. The van der Waals surface area contributed by atoms with Gasteiger partial charge in [0.15, 0.2) is 0 Å². The maximum absolute atomic E-state index is 3.79. The fraction of sp³-hybridized carbons (Fsp3) is 0.231. The van der Waals surface area contributed by atoms with Gasteiger partial charge in [0.25, 0.3) is 0 Å². The molecular weight excluding hydrogens is 448 g/mol. The van der Waals surface area contributed by atoms with Crippen molar-refractivity contribution in [1.29, 1.82) is 0 Å². The van der Waals surface area contributed by atoms with Gasteiger partial charge in [0.2, 0.25) is 0 Å². The van der Waals surface area contributed by atoms with Crippen LogP contribution in [0.5, 0.6) is 0 Å². The van der Waals surface area contributed by atoms with Crippen molar-refractivity contribution < 1.29 is 0 Å². The van der Waals surface area contributed by atoms with Gasteiger partial charge in [0.05, 0.1) is 0 Å². The van der Waals surface area contributed by atoms with Gasteiger partial charge in [-0.25, -0.2) is 0 Å². The van der Waals surface area contributed by atoms with Crippen LogP contribution < -0.4 is 7.02 Å². The van der Waals surface area contributed by atoms with E-state index in [1.165, 1.54) is 18.1 Å². The van der Waals surface area contributed by atoms with E-state index in [9.17, 15) is 0 Å². The third-order valence-corrected chi connectivity index (χ3v) is 11.4. The predicted molar refractivity (Wildman–Crippen MR) is 120 cm³/mol. The molecule has 0 bridgehead atoms. The van der Waals surface area contributed by atoms with E-state index in [0.29, 0.717) is 0 Å². The Labute approximate surface area is 176 Å². The number of benzene rings is 3. The maximum atomic E-state index is 3.79. The van der Waals surface area contributed by atoms with E-state index in [0.717, 1.165) is 18.7 Å². The first-order chi connectivity index (χ1) is 13.5. The summed E-state index contributed by atoms with van der Waals surface area (Å²) in [6.45, 7) is 8.91. The molecule has 0 fully saturated rings. The van der Waals surface area contributed by atoms with Crippen LogP contribution in [0.1, 0.15) is 37.5 Å². The molecule has 1 aliphatic rings. The normalized spacial score (nSPS) is 14.8. The van der Waals surface area contributed by atoms with Crippen LogP contribution in [-0.2, 0) is 13.1 Å². The average molecular weight is 474 g/mol. The molecule has 0 aromatic heterocycles. The molecule has 1 heterocycles. The van der Waals surface area contributed by atoms with Gasteiger partial charge in [-0.2, -0.15) is 0 Å². The van der Waals surface area contributed by atoms with Gasteiger partial charge < -0.3 is 0 Å². The third-order valence-electron chi connectivity index (χ3n) is 5.22. The van der Waals surface area contributed by atoms with Crippen LogP contribution >= 0.6 is 0 Å². The molecule has 28 heavy (non-hydrogen) atoms. The second-order valence-corrected chi connectivity index (χ2v) is 13.5. The van der Waals surface area contributed by atoms with Crippen LogP contribution in [-0.4, -0.2) is 30.6 Å². The molecule has 0 N–H and O–H groups in total. The summed E-state index contributed by atoms with van der Waals surface area (Å²) in [6.07, 6.45) is 0. The zero-order valence-corrected chi connectivity index (χ0v) is 19.4. The first-order valence-electron chi connectivity index (χ1n) is 9.80. The van der Waals surface area contributed by atoms with Crippen molar-refractivity contribution in [2.24, 2.45) is 0 Å². The molecule has 0 saturated heterocycles. The molecule has 3 aromatic carbocycles. The Kier molecular flexibility index (Phi) is 5.63. The van der Waals surface area contributed by atoms with Crippen LogP contribution in [0.4, 0.5) is 0 Å². The zero-order chi connectivity index (χ0) is 19.6. The molecule has 1 aliphatic heterocycles. The summed E-state index contributed by atoms with van der Waals surface area (Å²) in [5.74, 6) is 3.50. The minimum absolute atomic E-state index is 0.120. The van der Waals surface area contributed by atoms with E-state index in [2.05, 4.69) is 108 Å². The summed E-state index contributed by atoms with van der Waals surface area (Å²) < 4.78 is 6.81. The van der Waals surface area contributed by atoms with Crippen molar-refractivity contribution in [3.8, 4) is 9.79 Å². The zero-order valence-electron chi connectivity index (χ0n) is 16.8. The first-order valence-corrected chi connectivity index (χ1v) is 13.6. The van der Waals surface area contributed by atoms with Gasteiger partial charge in [0, 0.05) is 0 Å². The monoisotopic (exact) mass is 473 g/mol. The fourth-order valence-corrected chi connectivity index (χ4v) is 9.49. The molecular formula is C26H26NSb. The second-order valence-electron chi connectivity index (χ2n) is 8.22. The van der Waals surface area contributed by atoms with E-state index in [4.69, 9.17) is 0 Å². The Hall–Kier alpha value is -2.00. The number of fused-ring (bicyclic) bond motifs is 2. The Morgan fingerprint density at radius 3 is 1.75 bits per heavy atom. The van der Waals surface area contributed by atoms with Crippen molar-refractivity contribution in [2.75, 3.05) is 0 Å². The first kappa shape index (κ1) is 19.3. The quantitative estimate of drug-likeness (QED) is 0.352. The Morgan fingerprint density at radius 1 is 0.714 bits per heavy atom. The van der Waals surface area contributed by atoms with Crippen molar-refractivity contribution in [3.63, 3.8) is 0 Å². The van der Waals surface area contributed by atoms with Gasteiger partial charge in [-0.1, -0.05) is 0 Å². The second kappa shape index (κ2) is 8.16. The molecule has 0 atom stereocenters. The molecule has 0 aliphatic carbocycles. The summed E-state index contributed by atoms with van der Waals surface area (Å²) in [5, 5.41) is 0. The number of rotatable bonds is 0. The summed E-state index contributed by atoms with van der Waals surface area (Å²) in [5.41, 5.74) is 4.14.